The van der Waals surface area contributed by atoms with E-state index in [-0.39, 0.29) is 5.91 Å². The molecule has 1 saturated heterocycles. The summed E-state index contributed by atoms with van der Waals surface area (Å²) in [6.45, 7) is 2.20. The number of amides is 1. The fourth-order valence-corrected chi connectivity index (χ4v) is 2.60. The van der Waals surface area contributed by atoms with Gasteiger partial charge in [0.15, 0.2) is 11.5 Å². The van der Waals surface area contributed by atoms with Crippen LogP contribution in [0.5, 0.6) is 11.5 Å². The number of nitrogens with zero attached hydrogens (tertiary/aromatic N) is 1. The van der Waals surface area contributed by atoms with Gasteiger partial charge in [0.25, 0.3) is 5.91 Å². The largest absolute Gasteiger partial charge is 0.493 e. The number of piperidine rings is 1. The van der Waals surface area contributed by atoms with Crippen LogP contribution in [0, 0.1) is 5.92 Å². The number of likely N-dealkylation sites (tertiary alicyclic amines) is 1. The molecule has 2 rings (SSSR count). The molecular weight excluding hydrogens is 256 g/mol. The number of benzene rings is 1. The summed E-state index contributed by atoms with van der Waals surface area (Å²) in [6.07, 6.45) is 1.93. The summed E-state index contributed by atoms with van der Waals surface area (Å²) in [4.78, 5) is 14.5. The summed E-state index contributed by atoms with van der Waals surface area (Å²) < 4.78 is 10.6. The van der Waals surface area contributed by atoms with Gasteiger partial charge in [0.05, 0.1) is 19.8 Å². The Hall–Kier alpha value is -1.75. The van der Waals surface area contributed by atoms with Gasteiger partial charge in [0, 0.05) is 13.1 Å². The molecule has 1 aromatic carbocycles. The highest BCUT2D eigenvalue weighted by atomic mass is 16.5. The van der Waals surface area contributed by atoms with Crippen molar-refractivity contribution in [3.8, 4) is 11.5 Å². The third-order valence-electron chi connectivity index (χ3n) is 3.87. The number of methoxy groups -OCH3 is 2. The predicted octanol–water partition coefficient (Wildman–Crippen LogP) is 1.51. The summed E-state index contributed by atoms with van der Waals surface area (Å²) in [7, 11) is 3.12. The van der Waals surface area contributed by atoms with Crippen molar-refractivity contribution in [1.82, 2.24) is 4.90 Å². The lowest BCUT2D eigenvalue weighted by Crippen LogP contribution is -2.40. The zero-order chi connectivity index (χ0) is 14.5. The summed E-state index contributed by atoms with van der Waals surface area (Å²) in [5.41, 5.74) is 6.23. The Labute approximate surface area is 119 Å². The SMILES string of the molecule is COc1cccc(C(=O)N2CCC(CN)CC2)c1OC. The fourth-order valence-electron chi connectivity index (χ4n) is 2.60. The Morgan fingerprint density at radius 3 is 2.55 bits per heavy atom. The molecule has 1 aliphatic heterocycles. The van der Waals surface area contributed by atoms with Gasteiger partial charge in [-0.25, -0.2) is 0 Å². The van der Waals surface area contributed by atoms with Crippen molar-refractivity contribution < 1.29 is 14.3 Å². The molecule has 1 aliphatic rings. The minimum absolute atomic E-state index is 0.00350. The second-order valence-corrected chi connectivity index (χ2v) is 5.01. The summed E-state index contributed by atoms with van der Waals surface area (Å²) in [6, 6.07) is 5.37. The van der Waals surface area contributed by atoms with Crippen molar-refractivity contribution in [3.63, 3.8) is 0 Å². The van der Waals surface area contributed by atoms with Crippen LogP contribution >= 0.6 is 0 Å². The molecular formula is C15H22N2O3. The summed E-state index contributed by atoms with van der Waals surface area (Å²) in [5, 5.41) is 0. The topological polar surface area (TPSA) is 64.8 Å². The number of hydrogen-bond acceptors (Lipinski definition) is 4. The second-order valence-electron chi connectivity index (χ2n) is 5.01. The Morgan fingerprint density at radius 2 is 2.00 bits per heavy atom. The van der Waals surface area contributed by atoms with Crippen molar-refractivity contribution in [1.29, 1.82) is 0 Å². The molecule has 0 atom stereocenters. The average Bonchev–Trinajstić information content (AvgIpc) is 2.53. The number of nitrogens with two attached hydrogens (primary N) is 1. The Balaban J connectivity index is 2.17. The predicted molar refractivity (Wildman–Crippen MR) is 77.2 cm³/mol. The Kier molecular flexibility index (Phi) is 4.84. The van der Waals surface area contributed by atoms with Crippen LogP contribution in [-0.4, -0.2) is 44.7 Å². The lowest BCUT2D eigenvalue weighted by Gasteiger charge is -2.31. The van der Waals surface area contributed by atoms with Crippen LogP contribution < -0.4 is 15.2 Å². The van der Waals surface area contributed by atoms with Crippen molar-refractivity contribution in [2.24, 2.45) is 11.7 Å². The molecule has 0 unspecified atom stereocenters. The first-order chi connectivity index (χ1) is 9.71. The van der Waals surface area contributed by atoms with Crippen molar-refractivity contribution >= 4 is 5.91 Å². The van der Waals surface area contributed by atoms with Crippen LogP contribution in [0.25, 0.3) is 0 Å². The first kappa shape index (κ1) is 14.7. The molecule has 110 valence electrons. The second kappa shape index (κ2) is 6.61. The zero-order valence-electron chi connectivity index (χ0n) is 12.1. The van der Waals surface area contributed by atoms with Gasteiger partial charge in [-0.05, 0) is 37.4 Å². The summed E-state index contributed by atoms with van der Waals surface area (Å²) >= 11 is 0. The van der Waals surface area contributed by atoms with Crippen LogP contribution in [0.3, 0.4) is 0 Å². The van der Waals surface area contributed by atoms with Gasteiger partial charge in [-0.15, -0.1) is 0 Å². The highest BCUT2D eigenvalue weighted by Gasteiger charge is 2.25. The van der Waals surface area contributed by atoms with Gasteiger partial charge in [-0.3, -0.25) is 4.79 Å². The first-order valence-electron chi connectivity index (χ1n) is 6.91. The van der Waals surface area contributed by atoms with E-state index in [2.05, 4.69) is 0 Å². The van der Waals surface area contributed by atoms with Crippen molar-refractivity contribution in [2.75, 3.05) is 33.9 Å². The van der Waals surface area contributed by atoms with Gasteiger partial charge < -0.3 is 20.1 Å². The van der Waals surface area contributed by atoms with Crippen LogP contribution in [0.1, 0.15) is 23.2 Å². The molecule has 2 N–H and O–H groups in total. The average molecular weight is 278 g/mol. The highest BCUT2D eigenvalue weighted by molar-refractivity contribution is 5.97. The lowest BCUT2D eigenvalue weighted by atomic mass is 9.96. The van der Waals surface area contributed by atoms with Gasteiger partial charge >= 0.3 is 0 Å². The van der Waals surface area contributed by atoms with E-state index in [0.29, 0.717) is 29.5 Å². The molecule has 1 fully saturated rings. The standard InChI is InChI=1S/C15H22N2O3/c1-19-13-5-3-4-12(14(13)20-2)15(18)17-8-6-11(10-16)7-9-17/h3-5,11H,6-10,16H2,1-2H3. The fraction of sp³-hybridized carbons (Fsp3) is 0.533. The molecule has 0 bridgehead atoms. The number of ether oxygens (including phenoxy) is 2. The molecule has 5 nitrogen and oxygen atoms in total. The molecule has 0 saturated carbocycles. The van der Waals surface area contributed by atoms with E-state index >= 15 is 0 Å². The number of carbonyl (C=O) groups excluding carboxylic acids is 1. The van der Waals surface area contributed by atoms with Gasteiger partial charge in [0.1, 0.15) is 0 Å². The number of hydrogen-bond donors (Lipinski definition) is 1. The van der Waals surface area contributed by atoms with E-state index in [1.165, 1.54) is 0 Å². The monoisotopic (exact) mass is 278 g/mol. The maximum absolute atomic E-state index is 12.6. The minimum atomic E-state index is -0.00350. The molecule has 5 heteroatoms. The lowest BCUT2D eigenvalue weighted by molar-refractivity contribution is 0.0689. The van der Waals surface area contributed by atoms with Crippen LogP contribution in [-0.2, 0) is 0 Å². The normalized spacial score (nSPS) is 16.1. The number of para-hydroxylation sites is 1. The number of carbonyl (C=O) groups is 1. The molecule has 20 heavy (non-hydrogen) atoms. The van der Waals surface area contributed by atoms with E-state index < -0.39 is 0 Å². The molecule has 0 spiro atoms. The van der Waals surface area contributed by atoms with Gasteiger partial charge in [-0.2, -0.15) is 0 Å². The van der Waals surface area contributed by atoms with Gasteiger partial charge in [-0.1, -0.05) is 6.07 Å². The first-order valence-corrected chi connectivity index (χ1v) is 6.91. The maximum atomic E-state index is 12.6. The van der Waals surface area contributed by atoms with Crippen molar-refractivity contribution in [2.45, 2.75) is 12.8 Å². The maximum Gasteiger partial charge on any atom is 0.257 e. The third-order valence-corrected chi connectivity index (χ3v) is 3.87. The van der Waals surface area contributed by atoms with E-state index in [0.717, 1.165) is 25.9 Å². The minimum Gasteiger partial charge on any atom is -0.493 e. The molecule has 1 amide bonds. The van der Waals surface area contributed by atoms with E-state index in [1.54, 1.807) is 32.4 Å². The number of rotatable bonds is 4. The molecule has 1 heterocycles. The Morgan fingerprint density at radius 1 is 1.30 bits per heavy atom. The molecule has 0 aliphatic carbocycles. The highest BCUT2D eigenvalue weighted by Crippen LogP contribution is 2.32. The smallest absolute Gasteiger partial charge is 0.257 e. The summed E-state index contributed by atoms with van der Waals surface area (Å²) in [5.74, 6) is 1.61. The van der Waals surface area contributed by atoms with Crippen LogP contribution in [0.15, 0.2) is 18.2 Å². The van der Waals surface area contributed by atoms with Crippen LogP contribution in [0.4, 0.5) is 0 Å². The molecule has 0 aromatic heterocycles. The van der Waals surface area contributed by atoms with E-state index in [4.69, 9.17) is 15.2 Å². The third kappa shape index (κ3) is 2.88. The van der Waals surface area contributed by atoms with E-state index in [1.807, 2.05) is 4.90 Å². The van der Waals surface area contributed by atoms with E-state index in [9.17, 15) is 4.79 Å². The van der Waals surface area contributed by atoms with Gasteiger partial charge in [0.2, 0.25) is 0 Å². The molecule has 1 aromatic rings. The zero-order valence-corrected chi connectivity index (χ0v) is 12.1. The Bertz CT molecular complexity index is 468. The molecule has 0 radical (unpaired) electrons. The van der Waals surface area contributed by atoms with Crippen LogP contribution in [0.2, 0.25) is 0 Å². The van der Waals surface area contributed by atoms with Crippen molar-refractivity contribution in [3.05, 3.63) is 23.8 Å². The quantitative estimate of drug-likeness (QED) is 0.907.